The molecule has 0 aliphatic rings. The lowest BCUT2D eigenvalue weighted by Crippen LogP contribution is -1.98. The minimum absolute atomic E-state index is 0.158. The van der Waals surface area contributed by atoms with Crippen LogP contribution in [0.2, 0.25) is 0 Å². The van der Waals surface area contributed by atoms with E-state index in [4.69, 9.17) is 15.5 Å². The van der Waals surface area contributed by atoms with E-state index in [0.29, 0.717) is 16.9 Å². The maximum Gasteiger partial charge on any atom is 0.294 e. The van der Waals surface area contributed by atoms with E-state index in [2.05, 4.69) is 9.37 Å². The maximum absolute atomic E-state index is 11.1. The number of nitrogens with two attached hydrogens (primary N) is 1. The van der Waals surface area contributed by atoms with E-state index in [1.807, 2.05) is 0 Å². The van der Waals surface area contributed by atoms with E-state index in [0.717, 1.165) is 12.1 Å². The molecule has 0 saturated heterocycles. The summed E-state index contributed by atoms with van der Waals surface area (Å²) in [6.07, 6.45) is 0. The molecule has 108 valence electrons. The SMILES string of the molecule is Nc1cc(SOOO)cc2cc(S(=O)(=O)O)cc(O)c12. The van der Waals surface area contributed by atoms with Gasteiger partial charge >= 0.3 is 0 Å². The molecule has 2 rings (SSSR count). The molecule has 2 aromatic rings. The summed E-state index contributed by atoms with van der Waals surface area (Å²) >= 11 is 0.623. The quantitative estimate of drug-likeness (QED) is 0.218. The second-order valence-corrected chi connectivity index (χ2v) is 5.95. The van der Waals surface area contributed by atoms with Gasteiger partial charge in [-0.3, -0.25) is 4.55 Å². The van der Waals surface area contributed by atoms with Gasteiger partial charge in [0.1, 0.15) is 5.75 Å². The summed E-state index contributed by atoms with van der Waals surface area (Å²) in [5.41, 5.74) is 5.90. The van der Waals surface area contributed by atoms with Crippen LogP contribution < -0.4 is 5.73 Å². The topological polar surface area (TPSA) is 139 Å². The number of phenolic OH excluding ortho intramolecular Hbond substituents is 1. The van der Waals surface area contributed by atoms with Crippen molar-refractivity contribution in [2.75, 3.05) is 5.73 Å². The first-order valence-corrected chi connectivity index (χ1v) is 7.19. The Morgan fingerprint density at radius 1 is 1.20 bits per heavy atom. The highest BCUT2D eigenvalue weighted by Gasteiger charge is 2.15. The third kappa shape index (κ3) is 2.95. The molecule has 8 nitrogen and oxygen atoms in total. The minimum Gasteiger partial charge on any atom is -0.507 e. The summed E-state index contributed by atoms with van der Waals surface area (Å²) in [5, 5.41) is 21.8. The van der Waals surface area contributed by atoms with Gasteiger partial charge in [-0.05, 0) is 23.6 Å². The fourth-order valence-corrected chi connectivity index (χ4v) is 2.72. The van der Waals surface area contributed by atoms with Crippen molar-refractivity contribution in [1.29, 1.82) is 0 Å². The van der Waals surface area contributed by atoms with Crippen LogP contribution in [0, 0.1) is 0 Å². The average molecular weight is 319 g/mol. The number of rotatable bonds is 4. The number of nitrogen functional groups attached to an aromatic ring is 1. The Hall–Kier alpha value is -1.56. The molecule has 0 fully saturated rings. The van der Waals surface area contributed by atoms with Crippen molar-refractivity contribution in [1.82, 2.24) is 0 Å². The van der Waals surface area contributed by atoms with Crippen LogP contribution in [-0.2, 0) is 19.5 Å². The highest BCUT2D eigenvalue weighted by atomic mass is 32.2. The second-order valence-electron chi connectivity index (χ2n) is 3.75. The molecule has 0 aromatic heterocycles. The van der Waals surface area contributed by atoms with Crippen LogP contribution in [0.15, 0.2) is 34.1 Å². The molecular weight excluding hydrogens is 310 g/mol. The number of fused-ring (bicyclic) bond motifs is 1. The van der Waals surface area contributed by atoms with Gasteiger partial charge in [-0.25, -0.2) is 5.26 Å². The Kier molecular flexibility index (Phi) is 4.04. The van der Waals surface area contributed by atoms with E-state index in [1.54, 1.807) is 0 Å². The van der Waals surface area contributed by atoms with Crippen molar-refractivity contribution >= 4 is 38.6 Å². The fraction of sp³-hybridized carbons (Fsp3) is 0. The molecule has 0 amide bonds. The minimum atomic E-state index is -4.46. The van der Waals surface area contributed by atoms with Crippen LogP contribution in [0.25, 0.3) is 10.8 Å². The molecule has 2 aromatic carbocycles. The van der Waals surface area contributed by atoms with Crippen LogP contribution in [0.3, 0.4) is 0 Å². The molecule has 0 radical (unpaired) electrons. The number of phenols is 1. The van der Waals surface area contributed by atoms with Crippen LogP contribution >= 0.6 is 12.0 Å². The number of aromatic hydroxyl groups is 1. The average Bonchev–Trinajstić information content (AvgIpc) is 2.34. The standard InChI is InChI=1S/C10H9NO7S2/c11-8-3-6(19-18-17-13)1-5-2-7(20(14,15)16)4-9(12)10(5)8/h1-4,12-13H,11H2,(H,14,15,16). The highest BCUT2D eigenvalue weighted by molar-refractivity contribution is 7.94. The van der Waals surface area contributed by atoms with Gasteiger partial charge in [0.2, 0.25) is 0 Å². The van der Waals surface area contributed by atoms with E-state index in [-0.39, 0.29) is 22.2 Å². The van der Waals surface area contributed by atoms with Gasteiger partial charge in [-0.1, -0.05) is 5.04 Å². The van der Waals surface area contributed by atoms with Gasteiger partial charge in [0.05, 0.1) is 16.9 Å². The van der Waals surface area contributed by atoms with Crippen molar-refractivity contribution < 1.29 is 32.7 Å². The molecule has 0 aliphatic heterocycles. The molecule has 0 atom stereocenters. The Balaban J connectivity index is 2.67. The van der Waals surface area contributed by atoms with E-state index < -0.39 is 15.0 Å². The van der Waals surface area contributed by atoms with Crippen LogP contribution in [0.5, 0.6) is 5.75 Å². The van der Waals surface area contributed by atoms with Gasteiger partial charge in [0.15, 0.2) is 0 Å². The number of benzene rings is 2. The van der Waals surface area contributed by atoms with Crippen molar-refractivity contribution in [3.8, 4) is 5.75 Å². The molecule has 0 saturated carbocycles. The van der Waals surface area contributed by atoms with Gasteiger partial charge in [-0.15, -0.1) is 4.33 Å². The van der Waals surface area contributed by atoms with Crippen molar-refractivity contribution in [3.05, 3.63) is 24.3 Å². The summed E-state index contributed by atoms with van der Waals surface area (Å²) in [4.78, 5) is -0.0840. The number of hydrogen-bond acceptors (Lipinski definition) is 8. The van der Waals surface area contributed by atoms with Gasteiger partial charge in [0.25, 0.3) is 10.1 Å². The Labute approximate surface area is 117 Å². The Morgan fingerprint density at radius 3 is 2.50 bits per heavy atom. The molecule has 0 aliphatic carbocycles. The number of hydrogen-bond donors (Lipinski definition) is 4. The summed E-state index contributed by atoms with van der Waals surface area (Å²) < 4.78 is 35.4. The maximum atomic E-state index is 11.1. The molecule has 5 N–H and O–H groups in total. The van der Waals surface area contributed by atoms with E-state index >= 15 is 0 Å². The fourth-order valence-electron chi connectivity index (χ4n) is 1.72. The van der Waals surface area contributed by atoms with Crippen molar-refractivity contribution in [2.24, 2.45) is 0 Å². The lowest BCUT2D eigenvalue weighted by Gasteiger charge is -2.09. The smallest absolute Gasteiger partial charge is 0.294 e. The highest BCUT2D eigenvalue weighted by Crippen LogP contribution is 2.36. The van der Waals surface area contributed by atoms with Gasteiger partial charge in [0, 0.05) is 22.0 Å². The second kappa shape index (κ2) is 5.44. The summed E-state index contributed by atoms with van der Waals surface area (Å²) in [6.45, 7) is 0. The van der Waals surface area contributed by atoms with Gasteiger partial charge in [-0.2, -0.15) is 8.42 Å². The first-order valence-electron chi connectivity index (χ1n) is 5.01. The van der Waals surface area contributed by atoms with E-state index in [9.17, 15) is 13.5 Å². The molecule has 20 heavy (non-hydrogen) atoms. The first-order chi connectivity index (χ1) is 9.32. The van der Waals surface area contributed by atoms with Gasteiger partial charge < -0.3 is 10.8 Å². The third-order valence-electron chi connectivity index (χ3n) is 2.46. The molecule has 0 spiro atoms. The van der Waals surface area contributed by atoms with Crippen LogP contribution in [-0.4, -0.2) is 23.3 Å². The van der Waals surface area contributed by atoms with E-state index in [1.165, 1.54) is 12.1 Å². The van der Waals surface area contributed by atoms with Crippen molar-refractivity contribution in [3.63, 3.8) is 0 Å². The molecule has 0 heterocycles. The Morgan fingerprint density at radius 2 is 1.90 bits per heavy atom. The number of anilines is 1. The molecule has 10 heteroatoms. The van der Waals surface area contributed by atoms with Crippen LogP contribution in [0.4, 0.5) is 5.69 Å². The zero-order chi connectivity index (χ0) is 14.9. The monoisotopic (exact) mass is 319 g/mol. The van der Waals surface area contributed by atoms with Crippen LogP contribution in [0.1, 0.15) is 0 Å². The third-order valence-corrected chi connectivity index (χ3v) is 3.85. The predicted octanol–water partition coefficient (Wildman–Crippen LogP) is 1.80. The lowest BCUT2D eigenvalue weighted by atomic mass is 10.1. The first kappa shape index (κ1) is 14.8. The molecular formula is C10H9NO7S2. The normalized spacial score (nSPS) is 11.9. The summed E-state index contributed by atoms with van der Waals surface area (Å²) in [7, 11) is -4.46. The summed E-state index contributed by atoms with van der Waals surface area (Å²) in [5.74, 6) is -0.386. The largest absolute Gasteiger partial charge is 0.507 e. The predicted molar refractivity (Wildman–Crippen MR) is 70.5 cm³/mol. The molecule has 0 unspecified atom stereocenters. The molecule has 0 bridgehead atoms. The summed E-state index contributed by atoms with van der Waals surface area (Å²) in [6, 6.07) is 4.90. The van der Waals surface area contributed by atoms with Crippen molar-refractivity contribution in [2.45, 2.75) is 9.79 Å². The zero-order valence-corrected chi connectivity index (χ0v) is 11.3. The zero-order valence-electron chi connectivity index (χ0n) is 9.68. The lowest BCUT2D eigenvalue weighted by molar-refractivity contribution is -0.432. The Bertz CT molecular complexity index is 760.